The van der Waals surface area contributed by atoms with E-state index in [1.807, 2.05) is 42.3 Å². The smallest absolute Gasteiger partial charge is 0.146 e. The molecule has 0 unspecified atom stereocenters. The lowest BCUT2D eigenvalue weighted by Crippen LogP contribution is -2.60. The molecule has 0 bridgehead atoms. The second-order valence-corrected chi connectivity index (χ2v) is 11.1. The SMILES string of the molecule is CCCCN1CC2(CCN(c3ccc(Cc4ncc(C)c(-c5cnn(C(C)C)c5)n4)cc3F)CC2)C1. The van der Waals surface area contributed by atoms with Gasteiger partial charge >= 0.3 is 0 Å². The minimum atomic E-state index is -0.146. The molecule has 2 aliphatic heterocycles. The van der Waals surface area contributed by atoms with Gasteiger partial charge < -0.3 is 9.80 Å². The normalized spacial score (nSPS) is 17.7. The van der Waals surface area contributed by atoms with E-state index in [4.69, 9.17) is 4.98 Å². The Hall–Kier alpha value is -2.80. The molecule has 4 heterocycles. The summed E-state index contributed by atoms with van der Waals surface area (Å²) in [6, 6.07) is 5.92. The van der Waals surface area contributed by atoms with Crippen molar-refractivity contribution < 1.29 is 4.39 Å². The van der Waals surface area contributed by atoms with E-state index in [-0.39, 0.29) is 5.82 Å². The van der Waals surface area contributed by atoms with Gasteiger partial charge in [0.2, 0.25) is 0 Å². The summed E-state index contributed by atoms with van der Waals surface area (Å²) >= 11 is 0. The first kappa shape index (κ1) is 24.9. The van der Waals surface area contributed by atoms with Crippen LogP contribution in [0.4, 0.5) is 10.1 Å². The van der Waals surface area contributed by atoms with E-state index in [0.29, 0.717) is 23.7 Å². The van der Waals surface area contributed by atoms with Crippen LogP contribution < -0.4 is 4.90 Å². The van der Waals surface area contributed by atoms with Gasteiger partial charge in [0.15, 0.2) is 0 Å². The van der Waals surface area contributed by atoms with E-state index in [9.17, 15) is 0 Å². The number of anilines is 1. The molecule has 36 heavy (non-hydrogen) atoms. The van der Waals surface area contributed by atoms with E-state index < -0.39 is 0 Å². The second kappa shape index (κ2) is 10.3. The van der Waals surface area contributed by atoms with Gasteiger partial charge in [0, 0.05) is 56.6 Å². The lowest BCUT2D eigenvalue weighted by molar-refractivity contribution is -0.0187. The van der Waals surface area contributed by atoms with Crippen LogP contribution in [-0.4, -0.2) is 57.4 Å². The van der Waals surface area contributed by atoms with Crippen molar-refractivity contribution in [3.05, 3.63) is 59.6 Å². The van der Waals surface area contributed by atoms with Crippen LogP contribution in [0.5, 0.6) is 0 Å². The maximum atomic E-state index is 15.2. The number of likely N-dealkylation sites (tertiary alicyclic amines) is 1. The highest BCUT2D eigenvalue weighted by atomic mass is 19.1. The topological polar surface area (TPSA) is 50.1 Å². The van der Waals surface area contributed by atoms with Gasteiger partial charge in [-0.1, -0.05) is 19.4 Å². The first-order valence-electron chi connectivity index (χ1n) is 13.5. The third-order valence-corrected chi connectivity index (χ3v) is 7.91. The zero-order chi connectivity index (χ0) is 25.3. The van der Waals surface area contributed by atoms with E-state index in [2.05, 4.69) is 40.7 Å². The van der Waals surface area contributed by atoms with E-state index in [1.54, 1.807) is 6.07 Å². The number of hydrogen-bond acceptors (Lipinski definition) is 5. The number of aromatic nitrogens is 4. The fourth-order valence-corrected chi connectivity index (χ4v) is 5.68. The molecule has 1 spiro atoms. The molecular formula is C29H39FN6. The molecule has 2 aromatic heterocycles. The molecule has 0 radical (unpaired) electrons. The van der Waals surface area contributed by atoms with Gasteiger partial charge in [-0.15, -0.1) is 0 Å². The summed E-state index contributed by atoms with van der Waals surface area (Å²) in [4.78, 5) is 14.1. The zero-order valence-corrected chi connectivity index (χ0v) is 22.2. The van der Waals surface area contributed by atoms with Crippen molar-refractivity contribution in [3.63, 3.8) is 0 Å². The minimum Gasteiger partial charge on any atom is -0.369 e. The quantitative estimate of drug-likeness (QED) is 0.408. The molecule has 3 aromatic rings. The lowest BCUT2D eigenvalue weighted by Gasteiger charge is -2.54. The number of hydrogen-bond donors (Lipinski definition) is 0. The lowest BCUT2D eigenvalue weighted by atomic mass is 9.72. The van der Waals surface area contributed by atoms with Crippen LogP contribution in [0.15, 0.2) is 36.8 Å². The highest BCUT2D eigenvalue weighted by molar-refractivity contribution is 5.60. The van der Waals surface area contributed by atoms with Crippen molar-refractivity contribution in [2.45, 2.75) is 65.8 Å². The molecule has 1 aromatic carbocycles. The van der Waals surface area contributed by atoms with Crippen LogP contribution >= 0.6 is 0 Å². The molecule has 192 valence electrons. The van der Waals surface area contributed by atoms with Crippen LogP contribution in [0.1, 0.15) is 69.4 Å². The molecule has 7 heteroatoms. The largest absolute Gasteiger partial charge is 0.369 e. The van der Waals surface area contributed by atoms with E-state index >= 15 is 4.39 Å². The first-order chi connectivity index (χ1) is 17.4. The molecular weight excluding hydrogens is 451 g/mol. The van der Waals surface area contributed by atoms with Gasteiger partial charge in [-0.2, -0.15) is 5.10 Å². The Kier molecular flexibility index (Phi) is 7.11. The number of halogens is 1. The number of unbranched alkanes of at least 4 members (excludes halogenated alkanes) is 1. The molecule has 5 rings (SSSR count). The van der Waals surface area contributed by atoms with Crippen LogP contribution in [0, 0.1) is 18.2 Å². The molecule has 0 amide bonds. The summed E-state index contributed by atoms with van der Waals surface area (Å²) in [6.45, 7) is 14.0. The molecule has 0 aliphatic carbocycles. The Balaban J connectivity index is 1.23. The molecule has 6 nitrogen and oxygen atoms in total. The van der Waals surface area contributed by atoms with Crippen LogP contribution in [0.25, 0.3) is 11.3 Å². The van der Waals surface area contributed by atoms with Crippen molar-refractivity contribution in [1.82, 2.24) is 24.6 Å². The zero-order valence-electron chi connectivity index (χ0n) is 22.2. The Morgan fingerprint density at radius 1 is 1.11 bits per heavy atom. The van der Waals surface area contributed by atoms with Crippen LogP contribution in [-0.2, 0) is 6.42 Å². The third-order valence-electron chi connectivity index (χ3n) is 7.91. The molecule has 2 fully saturated rings. The highest BCUT2D eigenvalue weighted by Gasteiger charge is 2.44. The summed E-state index contributed by atoms with van der Waals surface area (Å²) < 4.78 is 17.1. The summed E-state index contributed by atoms with van der Waals surface area (Å²) in [5, 5.41) is 4.45. The summed E-state index contributed by atoms with van der Waals surface area (Å²) in [5.74, 6) is 0.546. The minimum absolute atomic E-state index is 0.146. The van der Waals surface area contributed by atoms with Crippen molar-refractivity contribution in [1.29, 1.82) is 0 Å². The van der Waals surface area contributed by atoms with Gasteiger partial charge in [0.05, 0.1) is 17.6 Å². The van der Waals surface area contributed by atoms with Crippen molar-refractivity contribution in [3.8, 4) is 11.3 Å². The predicted octanol–water partition coefficient (Wildman–Crippen LogP) is 5.66. The Morgan fingerprint density at radius 3 is 2.56 bits per heavy atom. The Morgan fingerprint density at radius 2 is 1.89 bits per heavy atom. The van der Waals surface area contributed by atoms with Gasteiger partial charge in [-0.3, -0.25) is 4.68 Å². The maximum absolute atomic E-state index is 15.2. The average Bonchev–Trinajstić information content (AvgIpc) is 3.34. The Bertz CT molecular complexity index is 1190. The van der Waals surface area contributed by atoms with Gasteiger partial charge in [0.25, 0.3) is 0 Å². The Labute approximate surface area is 214 Å². The number of benzene rings is 1. The molecule has 2 aliphatic rings. The van der Waals surface area contributed by atoms with Crippen molar-refractivity contribution in [2.75, 3.05) is 37.6 Å². The van der Waals surface area contributed by atoms with E-state index in [1.165, 1.54) is 32.5 Å². The number of nitrogens with zero attached hydrogens (tertiary/aromatic N) is 6. The van der Waals surface area contributed by atoms with E-state index in [0.717, 1.165) is 54.0 Å². The summed E-state index contributed by atoms with van der Waals surface area (Å²) in [5.41, 5.74) is 4.95. The number of rotatable bonds is 8. The molecule has 0 saturated carbocycles. The second-order valence-electron chi connectivity index (χ2n) is 11.1. The molecule has 0 atom stereocenters. The van der Waals surface area contributed by atoms with Gasteiger partial charge in [0.1, 0.15) is 11.6 Å². The fraction of sp³-hybridized carbons (Fsp3) is 0.552. The fourth-order valence-electron chi connectivity index (χ4n) is 5.68. The number of aryl methyl sites for hydroxylation is 1. The van der Waals surface area contributed by atoms with Gasteiger partial charge in [-0.05, 0) is 75.3 Å². The number of piperidine rings is 1. The first-order valence-corrected chi connectivity index (χ1v) is 13.5. The van der Waals surface area contributed by atoms with Gasteiger partial charge in [-0.25, -0.2) is 14.4 Å². The molecule has 2 saturated heterocycles. The van der Waals surface area contributed by atoms with Crippen LogP contribution in [0.2, 0.25) is 0 Å². The van der Waals surface area contributed by atoms with Crippen LogP contribution in [0.3, 0.4) is 0 Å². The standard InChI is InChI=1S/C29H39FN6/c1-5-6-11-34-19-29(20-34)9-12-35(13-10-29)26-8-7-23(14-25(26)30)15-27-31-16-22(4)28(33-27)24-17-32-36(18-24)21(2)3/h7-8,14,16-18,21H,5-6,9-13,15,19-20H2,1-4H3. The third kappa shape index (κ3) is 5.17. The van der Waals surface area contributed by atoms with Crippen molar-refractivity contribution in [2.24, 2.45) is 5.41 Å². The summed E-state index contributed by atoms with van der Waals surface area (Å²) in [7, 11) is 0. The highest BCUT2D eigenvalue weighted by Crippen LogP contribution is 2.41. The summed E-state index contributed by atoms with van der Waals surface area (Å²) in [6.07, 6.45) is 11.1. The maximum Gasteiger partial charge on any atom is 0.146 e. The predicted molar refractivity (Wildman–Crippen MR) is 143 cm³/mol. The average molecular weight is 491 g/mol. The monoisotopic (exact) mass is 490 g/mol. The van der Waals surface area contributed by atoms with Crippen molar-refractivity contribution >= 4 is 5.69 Å². The molecule has 0 N–H and O–H groups in total.